The molecule has 0 aliphatic heterocycles. The number of nitrogens with zero attached hydrogens (tertiary/aromatic N) is 1. The van der Waals surface area contributed by atoms with E-state index < -0.39 is 6.04 Å². The topological polar surface area (TPSA) is 49.4 Å². The van der Waals surface area contributed by atoms with Gasteiger partial charge in [0.25, 0.3) is 0 Å². The maximum Gasteiger partial charge on any atom is 0.242 e. The number of benzene rings is 2. The van der Waals surface area contributed by atoms with Crippen molar-refractivity contribution in [2.75, 3.05) is 6.54 Å². The van der Waals surface area contributed by atoms with Crippen LogP contribution in [0.5, 0.6) is 0 Å². The van der Waals surface area contributed by atoms with Gasteiger partial charge >= 0.3 is 0 Å². The third kappa shape index (κ3) is 7.23. The smallest absolute Gasteiger partial charge is 0.242 e. The van der Waals surface area contributed by atoms with Gasteiger partial charge < -0.3 is 10.2 Å². The summed E-state index contributed by atoms with van der Waals surface area (Å²) < 4.78 is 0. The highest BCUT2D eigenvalue weighted by Crippen LogP contribution is 2.19. The molecule has 2 rings (SSSR count). The van der Waals surface area contributed by atoms with Crippen LogP contribution in [-0.2, 0) is 22.6 Å². The number of carbonyl (C=O) groups excluding carboxylic acids is 2. The third-order valence-corrected chi connectivity index (χ3v) is 5.81. The summed E-state index contributed by atoms with van der Waals surface area (Å²) in [5.41, 5.74) is 4.67. The fourth-order valence-electron chi connectivity index (χ4n) is 3.72. The zero-order chi connectivity index (χ0) is 22.8. The second kappa shape index (κ2) is 12.3. The highest BCUT2D eigenvalue weighted by Gasteiger charge is 2.28. The van der Waals surface area contributed by atoms with Crippen LogP contribution in [0.2, 0.25) is 0 Å². The standard InChI is InChI=1S/C27H38N2O2/c1-6-18-28-27(31)25(7-2)29(19-24-11-9-8-10-21(24)5)26(30)17-14-22-12-15-23(16-13-22)20(3)4/h8-13,15-16,20,25H,6-7,14,17-19H2,1-5H3,(H,28,31). The summed E-state index contributed by atoms with van der Waals surface area (Å²) in [6.45, 7) is 11.5. The Labute approximate surface area is 188 Å². The number of aryl methyl sites for hydroxylation is 2. The first-order valence-corrected chi connectivity index (χ1v) is 11.6. The van der Waals surface area contributed by atoms with Gasteiger partial charge in [0, 0.05) is 19.5 Å². The number of hydrogen-bond acceptors (Lipinski definition) is 2. The Hall–Kier alpha value is -2.62. The zero-order valence-corrected chi connectivity index (χ0v) is 19.8. The molecule has 2 aromatic rings. The lowest BCUT2D eigenvalue weighted by molar-refractivity contribution is -0.141. The van der Waals surface area contributed by atoms with Gasteiger partial charge in [-0.3, -0.25) is 9.59 Å². The Kier molecular flexibility index (Phi) is 9.77. The van der Waals surface area contributed by atoms with E-state index >= 15 is 0 Å². The Morgan fingerprint density at radius 3 is 2.26 bits per heavy atom. The van der Waals surface area contributed by atoms with E-state index in [2.05, 4.69) is 43.4 Å². The number of amides is 2. The van der Waals surface area contributed by atoms with Gasteiger partial charge in [0.1, 0.15) is 6.04 Å². The van der Waals surface area contributed by atoms with Crippen LogP contribution < -0.4 is 5.32 Å². The molecule has 0 aromatic heterocycles. The van der Waals surface area contributed by atoms with Crippen molar-refractivity contribution in [3.63, 3.8) is 0 Å². The molecule has 0 saturated carbocycles. The SMILES string of the molecule is CCCNC(=O)C(CC)N(Cc1ccccc1C)C(=O)CCc1ccc(C(C)C)cc1. The molecule has 4 heteroatoms. The van der Waals surface area contributed by atoms with E-state index in [4.69, 9.17) is 0 Å². The molecule has 0 heterocycles. The monoisotopic (exact) mass is 422 g/mol. The minimum absolute atomic E-state index is 0.0229. The van der Waals surface area contributed by atoms with Crippen LogP contribution in [0.15, 0.2) is 48.5 Å². The molecule has 2 aromatic carbocycles. The number of hydrogen-bond donors (Lipinski definition) is 1. The normalized spacial score (nSPS) is 11.9. The molecule has 0 spiro atoms. The Bertz CT molecular complexity index is 843. The van der Waals surface area contributed by atoms with Crippen molar-refractivity contribution < 1.29 is 9.59 Å². The summed E-state index contributed by atoms with van der Waals surface area (Å²) >= 11 is 0. The molecule has 0 fully saturated rings. The van der Waals surface area contributed by atoms with Gasteiger partial charge in [0.05, 0.1) is 0 Å². The molecule has 4 nitrogen and oxygen atoms in total. The van der Waals surface area contributed by atoms with Crippen molar-refractivity contribution in [2.45, 2.75) is 78.8 Å². The van der Waals surface area contributed by atoms with E-state index in [9.17, 15) is 9.59 Å². The van der Waals surface area contributed by atoms with E-state index in [-0.39, 0.29) is 11.8 Å². The van der Waals surface area contributed by atoms with Gasteiger partial charge in [-0.05, 0) is 54.4 Å². The number of carbonyl (C=O) groups is 2. The van der Waals surface area contributed by atoms with Gasteiger partial charge in [-0.15, -0.1) is 0 Å². The Morgan fingerprint density at radius 1 is 1.00 bits per heavy atom. The zero-order valence-electron chi connectivity index (χ0n) is 19.8. The average molecular weight is 423 g/mol. The molecule has 1 unspecified atom stereocenters. The predicted octanol–water partition coefficient (Wildman–Crippen LogP) is 5.38. The summed E-state index contributed by atoms with van der Waals surface area (Å²) in [5, 5.41) is 2.98. The van der Waals surface area contributed by atoms with Gasteiger partial charge in [0.2, 0.25) is 11.8 Å². The molecule has 1 atom stereocenters. The van der Waals surface area contributed by atoms with E-state index in [0.29, 0.717) is 38.3 Å². The van der Waals surface area contributed by atoms with Crippen LogP contribution in [0.25, 0.3) is 0 Å². The van der Waals surface area contributed by atoms with Gasteiger partial charge in [0.15, 0.2) is 0 Å². The van der Waals surface area contributed by atoms with Crippen molar-refractivity contribution >= 4 is 11.8 Å². The number of nitrogens with one attached hydrogen (secondary N) is 1. The van der Waals surface area contributed by atoms with Crippen LogP contribution in [0.3, 0.4) is 0 Å². The largest absolute Gasteiger partial charge is 0.354 e. The summed E-state index contributed by atoms with van der Waals surface area (Å²) in [6, 6.07) is 16.1. The van der Waals surface area contributed by atoms with Crippen molar-refractivity contribution in [2.24, 2.45) is 0 Å². The molecule has 1 N–H and O–H groups in total. The maximum absolute atomic E-state index is 13.3. The lowest BCUT2D eigenvalue weighted by Gasteiger charge is -2.31. The predicted molar refractivity (Wildman–Crippen MR) is 128 cm³/mol. The molecule has 0 aliphatic carbocycles. The van der Waals surface area contributed by atoms with Crippen LogP contribution in [0.1, 0.15) is 75.1 Å². The second-order valence-corrected chi connectivity index (χ2v) is 8.56. The van der Waals surface area contributed by atoms with Crippen LogP contribution in [0.4, 0.5) is 0 Å². The third-order valence-electron chi connectivity index (χ3n) is 5.81. The highest BCUT2D eigenvalue weighted by atomic mass is 16.2. The fourth-order valence-corrected chi connectivity index (χ4v) is 3.72. The summed E-state index contributed by atoms with van der Waals surface area (Å²) in [4.78, 5) is 27.9. The average Bonchev–Trinajstić information content (AvgIpc) is 2.77. The van der Waals surface area contributed by atoms with E-state index in [1.165, 1.54) is 5.56 Å². The minimum Gasteiger partial charge on any atom is -0.354 e. The van der Waals surface area contributed by atoms with Crippen molar-refractivity contribution in [1.82, 2.24) is 10.2 Å². The van der Waals surface area contributed by atoms with E-state index in [1.807, 2.05) is 45.0 Å². The van der Waals surface area contributed by atoms with Crippen molar-refractivity contribution in [3.8, 4) is 0 Å². The lowest BCUT2D eigenvalue weighted by atomic mass is 10.00. The Balaban J connectivity index is 2.18. The quantitative estimate of drug-likeness (QED) is 0.528. The molecule has 2 amide bonds. The molecule has 0 aliphatic rings. The molecule has 168 valence electrons. The van der Waals surface area contributed by atoms with Crippen molar-refractivity contribution in [1.29, 1.82) is 0 Å². The molecule has 0 radical (unpaired) electrons. The highest BCUT2D eigenvalue weighted by molar-refractivity contribution is 5.87. The summed E-state index contributed by atoms with van der Waals surface area (Å²) in [6.07, 6.45) is 2.54. The number of rotatable bonds is 11. The maximum atomic E-state index is 13.3. The van der Waals surface area contributed by atoms with Gasteiger partial charge in [-0.25, -0.2) is 0 Å². The first kappa shape index (κ1) is 24.6. The molecule has 31 heavy (non-hydrogen) atoms. The molecule has 0 saturated heterocycles. The summed E-state index contributed by atoms with van der Waals surface area (Å²) in [5.74, 6) is 0.453. The van der Waals surface area contributed by atoms with Gasteiger partial charge in [-0.1, -0.05) is 76.2 Å². The first-order chi connectivity index (χ1) is 14.9. The second-order valence-electron chi connectivity index (χ2n) is 8.56. The van der Waals surface area contributed by atoms with Crippen LogP contribution >= 0.6 is 0 Å². The Morgan fingerprint density at radius 2 is 1.68 bits per heavy atom. The lowest BCUT2D eigenvalue weighted by Crippen LogP contribution is -2.49. The van der Waals surface area contributed by atoms with Gasteiger partial charge in [-0.2, -0.15) is 0 Å². The van der Waals surface area contributed by atoms with E-state index in [0.717, 1.165) is 23.1 Å². The van der Waals surface area contributed by atoms with Crippen LogP contribution in [0, 0.1) is 6.92 Å². The van der Waals surface area contributed by atoms with Crippen LogP contribution in [-0.4, -0.2) is 29.3 Å². The van der Waals surface area contributed by atoms with Crippen molar-refractivity contribution in [3.05, 3.63) is 70.8 Å². The molecule has 0 bridgehead atoms. The fraction of sp³-hybridized carbons (Fsp3) is 0.481. The first-order valence-electron chi connectivity index (χ1n) is 11.6. The molecular weight excluding hydrogens is 384 g/mol. The minimum atomic E-state index is -0.457. The molecular formula is C27H38N2O2. The van der Waals surface area contributed by atoms with E-state index in [1.54, 1.807) is 4.90 Å². The summed E-state index contributed by atoms with van der Waals surface area (Å²) in [7, 11) is 0.